The number of nitrogens with zero attached hydrogens (tertiary/aromatic N) is 1. The van der Waals surface area contributed by atoms with E-state index in [0.717, 1.165) is 37.8 Å². The summed E-state index contributed by atoms with van der Waals surface area (Å²) in [5.74, 6) is 1.99. The van der Waals surface area contributed by atoms with E-state index in [-0.39, 0.29) is 12.1 Å². The third-order valence-corrected chi connectivity index (χ3v) is 3.33. The van der Waals surface area contributed by atoms with E-state index >= 15 is 0 Å². The number of hydrogen-bond donors (Lipinski definition) is 1. The second-order valence-corrected chi connectivity index (χ2v) is 4.76. The molecule has 96 valence electrons. The largest absolute Gasteiger partial charge is 0.465 e. The van der Waals surface area contributed by atoms with Crippen LogP contribution in [0.25, 0.3) is 0 Å². The van der Waals surface area contributed by atoms with E-state index in [1.165, 1.54) is 0 Å². The van der Waals surface area contributed by atoms with Gasteiger partial charge in [-0.2, -0.15) is 0 Å². The maximum atomic E-state index is 5.71. The zero-order valence-corrected chi connectivity index (χ0v) is 10.9. The molecule has 1 aromatic heterocycles. The predicted molar refractivity (Wildman–Crippen MR) is 67.1 cm³/mol. The summed E-state index contributed by atoms with van der Waals surface area (Å²) in [7, 11) is 2.11. The molecule has 2 atom stereocenters. The summed E-state index contributed by atoms with van der Waals surface area (Å²) in [4.78, 5) is 2.27. The molecule has 2 heterocycles. The Balaban J connectivity index is 1.88. The smallest absolute Gasteiger partial charge is 0.121 e. The number of aryl methyl sites for hydroxylation is 1. The molecule has 0 bridgehead atoms. The van der Waals surface area contributed by atoms with Crippen molar-refractivity contribution in [3.63, 3.8) is 0 Å². The van der Waals surface area contributed by atoms with E-state index in [1.807, 2.05) is 13.0 Å². The van der Waals surface area contributed by atoms with E-state index in [9.17, 15) is 0 Å². The Kier molecular flexibility index (Phi) is 4.20. The van der Waals surface area contributed by atoms with Crippen molar-refractivity contribution in [3.05, 3.63) is 23.7 Å². The normalized spacial score (nSPS) is 22.9. The van der Waals surface area contributed by atoms with Crippen molar-refractivity contribution in [3.8, 4) is 0 Å². The zero-order chi connectivity index (χ0) is 12.3. The highest BCUT2D eigenvalue weighted by Crippen LogP contribution is 2.21. The summed E-state index contributed by atoms with van der Waals surface area (Å²) in [5, 5.41) is 3.35. The molecule has 0 aromatic carbocycles. The number of rotatable bonds is 4. The number of ether oxygens (including phenoxy) is 1. The van der Waals surface area contributed by atoms with Gasteiger partial charge in [0.15, 0.2) is 0 Å². The van der Waals surface area contributed by atoms with E-state index in [1.54, 1.807) is 0 Å². The lowest BCUT2D eigenvalue weighted by Gasteiger charge is -2.30. The van der Waals surface area contributed by atoms with Crippen LogP contribution in [0, 0.1) is 6.92 Å². The van der Waals surface area contributed by atoms with Crippen LogP contribution in [-0.4, -0.2) is 44.3 Å². The molecule has 1 aliphatic heterocycles. The van der Waals surface area contributed by atoms with Crippen LogP contribution in [0.15, 0.2) is 16.5 Å². The highest BCUT2D eigenvalue weighted by atomic mass is 16.5. The quantitative estimate of drug-likeness (QED) is 0.864. The summed E-state index contributed by atoms with van der Waals surface area (Å²) in [5.41, 5.74) is 0. The second-order valence-electron chi connectivity index (χ2n) is 4.76. The molecule has 4 nitrogen and oxygen atoms in total. The van der Waals surface area contributed by atoms with E-state index in [2.05, 4.69) is 30.3 Å². The van der Waals surface area contributed by atoms with Gasteiger partial charge in [0.05, 0.1) is 18.8 Å². The summed E-state index contributed by atoms with van der Waals surface area (Å²) in [6, 6.07) is 4.35. The molecule has 0 spiro atoms. The molecule has 1 saturated heterocycles. The van der Waals surface area contributed by atoms with E-state index < -0.39 is 0 Å². The molecule has 0 amide bonds. The lowest BCUT2D eigenvalue weighted by molar-refractivity contribution is 0.00243. The topological polar surface area (TPSA) is 37.6 Å². The molecule has 4 heteroatoms. The second kappa shape index (κ2) is 5.67. The lowest BCUT2D eigenvalue weighted by Crippen LogP contribution is -2.44. The van der Waals surface area contributed by atoms with E-state index in [4.69, 9.17) is 9.15 Å². The Morgan fingerprint density at radius 2 is 2.35 bits per heavy atom. The van der Waals surface area contributed by atoms with Crippen LogP contribution in [0.1, 0.15) is 24.5 Å². The fourth-order valence-electron chi connectivity index (χ4n) is 2.11. The Labute approximate surface area is 103 Å². The summed E-state index contributed by atoms with van der Waals surface area (Å²) in [6.45, 7) is 7.78. The van der Waals surface area contributed by atoms with Gasteiger partial charge in [0.25, 0.3) is 0 Å². The van der Waals surface area contributed by atoms with Gasteiger partial charge in [0.1, 0.15) is 11.5 Å². The first-order valence-electron chi connectivity index (χ1n) is 6.25. The lowest BCUT2D eigenvalue weighted by atomic mass is 10.2. The average Bonchev–Trinajstić information content (AvgIpc) is 2.76. The van der Waals surface area contributed by atoms with Crippen molar-refractivity contribution in [2.24, 2.45) is 0 Å². The van der Waals surface area contributed by atoms with Crippen molar-refractivity contribution in [1.82, 2.24) is 10.2 Å². The van der Waals surface area contributed by atoms with Crippen LogP contribution in [0.3, 0.4) is 0 Å². The molecule has 0 saturated carbocycles. The molecular formula is C13H22N2O2. The van der Waals surface area contributed by atoms with Gasteiger partial charge in [-0.05, 0) is 33.0 Å². The van der Waals surface area contributed by atoms with Gasteiger partial charge < -0.3 is 14.5 Å². The Bertz CT molecular complexity index is 345. The number of morpholine rings is 1. The molecule has 0 aliphatic carbocycles. The standard InChI is InChI=1S/C13H22N2O2/c1-10-4-5-13(17-10)11(2)15(3)9-12-8-14-6-7-16-12/h4-5,11-12,14H,6-9H2,1-3H3. The van der Waals surface area contributed by atoms with Gasteiger partial charge in [-0.3, -0.25) is 4.90 Å². The summed E-state index contributed by atoms with van der Waals surface area (Å²) in [6.07, 6.45) is 0.284. The fraction of sp³-hybridized carbons (Fsp3) is 0.692. The van der Waals surface area contributed by atoms with Gasteiger partial charge in [-0.15, -0.1) is 0 Å². The van der Waals surface area contributed by atoms with Crippen LogP contribution in [0.4, 0.5) is 0 Å². The van der Waals surface area contributed by atoms with Gasteiger partial charge in [0.2, 0.25) is 0 Å². The molecule has 2 rings (SSSR count). The predicted octanol–water partition coefficient (Wildman–Crippen LogP) is 1.57. The molecule has 2 unspecified atom stereocenters. The minimum Gasteiger partial charge on any atom is -0.465 e. The maximum Gasteiger partial charge on any atom is 0.121 e. The third kappa shape index (κ3) is 3.31. The van der Waals surface area contributed by atoms with Crippen molar-refractivity contribution in [1.29, 1.82) is 0 Å². The van der Waals surface area contributed by atoms with Gasteiger partial charge in [-0.25, -0.2) is 0 Å². The van der Waals surface area contributed by atoms with Crippen LogP contribution >= 0.6 is 0 Å². The zero-order valence-electron chi connectivity index (χ0n) is 10.9. The number of likely N-dealkylation sites (N-methyl/N-ethyl adjacent to an activating group) is 1. The summed E-state index contributed by atoms with van der Waals surface area (Å²) >= 11 is 0. The fourth-order valence-corrected chi connectivity index (χ4v) is 2.11. The molecular weight excluding hydrogens is 216 g/mol. The number of nitrogens with one attached hydrogen (secondary N) is 1. The minimum absolute atomic E-state index is 0.284. The van der Waals surface area contributed by atoms with Gasteiger partial charge >= 0.3 is 0 Å². The van der Waals surface area contributed by atoms with Crippen LogP contribution < -0.4 is 5.32 Å². The number of hydrogen-bond acceptors (Lipinski definition) is 4. The van der Waals surface area contributed by atoms with Crippen molar-refractivity contribution >= 4 is 0 Å². The Hall–Kier alpha value is -0.840. The minimum atomic E-state index is 0.284. The monoisotopic (exact) mass is 238 g/mol. The molecule has 1 aliphatic rings. The van der Waals surface area contributed by atoms with Crippen LogP contribution in [-0.2, 0) is 4.74 Å². The first-order chi connectivity index (χ1) is 8.16. The molecule has 1 aromatic rings. The molecule has 1 N–H and O–H groups in total. The van der Waals surface area contributed by atoms with Crippen molar-refractivity contribution in [2.45, 2.75) is 26.0 Å². The summed E-state index contributed by atoms with van der Waals surface area (Å²) < 4.78 is 11.4. The first-order valence-corrected chi connectivity index (χ1v) is 6.25. The number of furan rings is 1. The van der Waals surface area contributed by atoms with Gasteiger partial charge in [-0.1, -0.05) is 0 Å². The Morgan fingerprint density at radius 1 is 1.53 bits per heavy atom. The highest BCUT2D eigenvalue weighted by Gasteiger charge is 2.20. The molecule has 17 heavy (non-hydrogen) atoms. The SMILES string of the molecule is Cc1ccc(C(C)N(C)CC2CNCCO2)o1. The average molecular weight is 238 g/mol. The van der Waals surface area contributed by atoms with Gasteiger partial charge in [0, 0.05) is 19.6 Å². The van der Waals surface area contributed by atoms with Crippen LogP contribution in [0.2, 0.25) is 0 Å². The molecule has 1 fully saturated rings. The Morgan fingerprint density at radius 3 is 2.94 bits per heavy atom. The van der Waals surface area contributed by atoms with E-state index in [0.29, 0.717) is 0 Å². The third-order valence-electron chi connectivity index (χ3n) is 3.33. The van der Waals surface area contributed by atoms with Crippen molar-refractivity contribution < 1.29 is 9.15 Å². The first kappa shape index (κ1) is 12.6. The maximum absolute atomic E-state index is 5.71. The highest BCUT2D eigenvalue weighted by molar-refractivity contribution is 5.09. The molecule has 0 radical (unpaired) electrons. The van der Waals surface area contributed by atoms with Crippen LogP contribution in [0.5, 0.6) is 0 Å². The van der Waals surface area contributed by atoms with Crippen molar-refractivity contribution in [2.75, 3.05) is 33.3 Å².